The highest BCUT2D eigenvalue weighted by Crippen LogP contribution is 2.02. The number of nitrogens with two attached hydrogens (primary N) is 1. The number of Topliss-reactive ketones (excluding diaryl/α,β-unsaturated/α-hetero) is 1. The molecule has 0 aliphatic heterocycles. The summed E-state index contributed by atoms with van der Waals surface area (Å²) in [4.78, 5) is 22.4. The number of hydrogen-bond acceptors (Lipinski definition) is 4. The fourth-order valence-corrected chi connectivity index (χ4v) is 1.07. The molecule has 90 valence electrons. The van der Waals surface area contributed by atoms with Crippen molar-refractivity contribution in [1.82, 2.24) is 0 Å². The summed E-state index contributed by atoms with van der Waals surface area (Å²) in [5, 5.41) is 0. The van der Waals surface area contributed by atoms with Crippen LogP contribution in [0.25, 0.3) is 0 Å². The van der Waals surface area contributed by atoms with Crippen molar-refractivity contribution < 1.29 is 14.3 Å². The van der Waals surface area contributed by atoms with E-state index in [2.05, 4.69) is 11.7 Å². The number of carbonyl (C=O) groups is 2. The lowest BCUT2D eigenvalue weighted by molar-refractivity contribution is -0.147. The minimum absolute atomic E-state index is 0. The van der Waals surface area contributed by atoms with Crippen LogP contribution in [-0.2, 0) is 14.3 Å². The summed E-state index contributed by atoms with van der Waals surface area (Å²) in [6.07, 6.45) is 3.19. The van der Waals surface area contributed by atoms with E-state index in [0.717, 1.165) is 19.3 Å². The van der Waals surface area contributed by atoms with Crippen molar-refractivity contribution in [3.05, 3.63) is 0 Å². The van der Waals surface area contributed by atoms with E-state index in [1.54, 1.807) is 6.92 Å². The summed E-state index contributed by atoms with van der Waals surface area (Å²) in [6, 6.07) is -1.09. The van der Waals surface area contributed by atoms with Crippen LogP contribution >= 0.6 is 12.4 Å². The smallest absolute Gasteiger partial charge is 0.330 e. The monoisotopic (exact) mass is 237 g/mol. The molecule has 0 aromatic heterocycles. The van der Waals surface area contributed by atoms with Crippen LogP contribution in [0.3, 0.4) is 0 Å². The van der Waals surface area contributed by atoms with Crippen LogP contribution in [0.5, 0.6) is 0 Å². The van der Waals surface area contributed by atoms with Gasteiger partial charge in [-0.25, -0.2) is 4.79 Å². The quantitative estimate of drug-likeness (QED) is 0.413. The van der Waals surface area contributed by atoms with Crippen LogP contribution in [0.4, 0.5) is 0 Å². The number of rotatable bonds is 7. The molecule has 0 radical (unpaired) electrons. The summed E-state index contributed by atoms with van der Waals surface area (Å²) in [7, 11) is 0. The maximum Gasteiger partial charge on any atom is 0.330 e. The van der Waals surface area contributed by atoms with Crippen LogP contribution in [0.2, 0.25) is 0 Å². The third-order valence-electron chi connectivity index (χ3n) is 1.91. The molecule has 0 amide bonds. The van der Waals surface area contributed by atoms with Crippen LogP contribution < -0.4 is 5.73 Å². The zero-order chi connectivity index (χ0) is 11.0. The molecule has 0 heterocycles. The third-order valence-corrected chi connectivity index (χ3v) is 1.91. The van der Waals surface area contributed by atoms with Crippen molar-refractivity contribution in [3.8, 4) is 0 Å². The summed E-state index contributed by atoms with van der Waals surface area (Å²) < 4.78 is 4.65. The molecule has 0 bridgehead atoms. The van der Waals surface area contributed by atoms with Gasteiger partial charge >= 0.3 is 5.97 Å². The van der Waals surface area contributed by atoms with E-state index >= 15 is 0 Å². The second-order valence-electron chi connectivity index (χ2n) is 3.15. The maximum atomic E-state index is 11.3. The summed E-state index contributed by atoms with van der Waals surface area (Å²) in [5.41, 5.74) is 5.40. The molecule has 0 aromatic carbocycles. The molecule has 0 spiro atoms. The molecule has 15 heavy (non-hydrogen) atoms. The molecule has 2 N–H and O–H groups in total. The highest BCUT2D eigenvalue weighted by Gasteiger charge is 2.22. The van der Waals surface area contributed by atoms with E-state index in [-0.39, 0.29) is 24.8 Å². The van der Waals surface area contributed by atoms with Gasteiger partial charge in [-0.15, -0.1) is 12.4 Å². The number of hydrogen-bond donors (Lipinski definition) is 1. The van der Waals surface area contributed by atoms with Gasteiger partial charge in [0.25, 0.3) is 0 Å². The topological polar surface area (TPSA) is 69.4 Å². The molecule has 0 saturated heterocycles. The lowest BCUT2D eigenvalue weighted by Gasteiger charge is -2.08. The molecule has 1 unspecified atom stereocenters. The Morgan fingerprint density at radius 1 is 1.27 bits per heavy atom. The van der Waals surface area contributed by atoms with Gasteiger partial charge in [-0.2, -0.15) is 0 Å². The van der Waals surface area contributed by atoms with Crippen LogP contribution in [0.15, 0.2) is 0 Å². The number of carbonyl (C=O) groups excluding carboxylic acids is 2. The molecule has 0 aliphatic carbocycles. The predicted octanol–water partition coefficient (Wildman–Crippen LogP) is 1.45. The van der Waals surface area contributed by atoms with Crippen molar-refractivity contribution in [1.29, 1.82) is 0 Å². The summed E-state index contributed by atoms with van der Waals surface area (Å²) >= 11 is 0. The Morgan fingerprint density at radius 2 is 1.87 bits per heavy atom. The minimum atomic E-state index is -1.09. The molecular formula is C10H20ClNO3. The average Bonchev–Trinajstić information content (AvgIpc) is 2.17. The lowest BCUT2D eigenvalue weighted by atomic mass is 10.1. The highest BCUT2D eigenvalue weighted by atomic mass is 35.5. The van der Waals surface area contributed by atoms with Gasteiger partial charge in [0.2, 0.25) is 0 Å². The standard InChI is InChI=1S/C10H19NO3.ClH/c1-3-5-6-7-8(12)9(11)10(13)14-4-2;/h9H,3-7,11H2,1-2H3;1H. The lowest BCUT2D eigenvalue weighted by Crippen LogP contribution is -2.39. The number of ether oxygens (including phenoxy) is 1. The largest absolute Gasteiger partial charge is 0.464 e. The Balaban J connectivity index is 0. The van der Waals surface area contributed by atoms with Crippen molar-refractivity contribution >= 4 is 24.2 Å². The predicted molar refractivity (Wildman–Crippen MR) is 61.0 cm³/mol. The number of unbranched alkanes of at least 4 members (excludes halogenated alkanes) is 2. The molecule has 4 nitrogen and oxygen atoms in total. The van der Waals surface area contributed by atoms with E-state index in [4.69, 9.17) is 5.73 Å². The number of esters is 1. The Bertz CT molecular complexity index is 197. The fraction of sp³-hybridized carbons (Fsp3) is 0.800. The summed E-state index contributed by atoms with van der Waals surface area (Å²) in [5.74, 6) is -0.842. The van der Waals surface area contributed by atoms with Gasteiger partial charge in [-0.1, -0.05) is 19.8 Å². The second kappa shape index (κ2) is 9.93. The van der Waals surface area contributed by atoms with Gasteiger partial charge in [0.15, 0.2) is 11.8 Å². The van der Waals surface area contributed by atoms with Crippen LogP contribution in [-0.4, -0.2) is 24.4 Å². The second-order valence-corrected chi connectivity index (χ2v) is 3.15. The van der Waals surface area contributed by atoms with E-state index in [1.165, 1.54) is 0 Å². The first-order valence-electron chi connectivity index (χ1n) is 5.08. The normalized spacial score (nSPS) is 11.4. The molecule has 0 fully saturated rings. The number of ketones is 1. The van der Waals surface area contributed by atoms with E-state index in [0.29, 0.717) is 6.42 Å². The van der Waals surface area contributed by atoms with Crippen LogP contribution in [0, 0.1) is 0 Å². The Morgan fingerprint density at radius 3 is 2.33 bits per heavy atom. The fourth-order valence-electron chi connectivity index (χ4n) is 1.07. The van der Waals surface area contributed by atoms with Crippen molar-refractivity contribution in [2.24, 2.45) is 5.73 Å². The molecule has 0 saturated carbocycles. The first kappa shape index (κ1) is 16.8. The van der Waals surface area contributed by atoms with Crippen LogP contribution in [0.1, 0.15) is 39.5 Å². The minimum Gasteiger partial charge on any atom is -0.464 e. The van der Waals surface area contributed by atoms with Crippen molar-refractivity contribution in [2.75, 3.05) is 6.61 Å². The van der Waals surface area contributed by atoms with Gasteiger partial charge in [-0.05, 0) is 13.3 Å². The third kappa shape index (κ3) is 7.33. The maximum absolute atomic E-state index is 11.3. The molecule has 0 aromatic rings. The van der Waals surface area contributed by atoms with Gasteiger partial charge in [0, 0.05) is 6.42 Å². The molecule has 5 heteroatoms. The van der Waals surface area contributed by atoms with E-state index in [1.807, 2.05) is 0 Å². The Labute approximate surface area is 97.0 Å². The Kier molecular flexibility index (Phi) is 11.1. The highest BCUT2D eigenvalue weighted by molar-refractivity contribution is 6.02. The summed E-state index contributed by atoms with van der Waals surface area (Å²) in [6.45, 7) is 4.00. The first-order chi connectivity index (χ1) is 6.63. The van der Waals surface area contributed by atoms with Crippen molar-refractivity contribution in [2.45, 2.75) is 45.6 Å². The van der Waals surface area contributed by atoms with Crippen molar-refractivity contribution in [3.63, 3.8) is 0 Å². The molecular weight excluding hydrogens is 218 g/mol. The van der Waals surface area contributed by atoms with Gasteiger partial charge in [-0.3, -0.25) is 4.79 Å². The zero-order valence-corrected chi connectivity index (χ0v) is 10.1. The number of halogens is 1. The molecule has 0 rings (SSSR count). The zero-order valence-electron chi connectivity index (χ0n) is 9.32. The van der Waals surface area contributed by atoms with Gasteiger partial charge in [0.05, 0.1) is 6.61 Å². The molecule has 0 aliphatic rings. The van der Waals surface area contributed by atoms with E-state index < -0.39 is 12.0 Å². The molecule has 1 atom stereocenters. The average molecular weight is 238 g/mol. The first-order valence-corrected chi connectivity index (χ1v) is 5.08. The van der Waals surface area contributed by atoms with Gasteiger partial charge in [0.1, 0.15) is 0 Å². The Hall–Kier alpha value is -0.610. The SMILES string of the molecule is CCCCCC(=O)C(N)C(=O)OCC.Cl. The van der Waals surface area contributed by atoms with E-state index in [9.17, 15) is 9.59 Å². The van der Waals surface area contributed by atoms with Gasteiger partial charge < -0.3 is 10.5 Å².